The van der Waals surface area contributed by atoms with Crippen LogP contribution >= 0.6 is 40.1 Å². The molecule has 2 amide bonds. The molecule has 1 fully saturated rings. The van der Waals surface area contributed by atoms with Gasteiger partial charge < -0.3 is 16.0 Å². The summed E-state index contributed by atoms with van der Waals surface area (Å²) in [5, 5.41) is 8.78. The molecule has 1 aliphatic rings. The zero-order valence-corrected chi connectivity index (χ0v) is 16.1. The van der Waals surface area contributed by atoms with E-state index >= 15 is 0 Å². The summed E-state index contributed by atoms with van der Waals surface area (Å²) in [5.41, 5.74) is 1.73. The first-order chi connectivity index (χ1) is 10.5. The highest BCUT2D eigenvalue weighted by Crippen LogP contribution is 2.20. The number of amides is 2. The Balaban J connectivity index is 0.00000264. The molecule has 1 unspecified atom stereocenters. The Morgan fingerprint density at radius 2 is 2.17 bits per heavy atom. The van der Waals surface area contributed by atoms with Crippen molar-refractivity contribution >= 4 is 57.6 Å². The molecule has 2 rings (SSSR count). The molecule has 0 spiro atoms. The molecule has 1 saturated heterocycles. The van der Waals surface area contributed by atoms with Crippen molar-refractivity contribution in [2.45, 2.75) is 19.4 Å². The fourth-order valence-corrected chi connectivity index (χ4v) is 3.46. The van der Waals surface area contributed by atoms with Crippen LogP contribution in [0.3, 0.4) is 0 Å². The molecule has 1 aromatic carbocycles. The fourth-order valence-electron chi connectivity index (χ4n) is 2.15. The highest BCUT2D eigenvalue weighted by Gasteiger charge is 2.17. The summed E-state index contributed by atoms with van der Waals surface area (Å²) >= 11 is 5.22. The van der Waals surface area contributed by atoms with Crippen molar-refractivity contribution in [1.82, 2.24) is 10.6 Å². The van der Waals surface area contributed by atoms with E-state index in [2.05, 4.69) is 31.9 Å². The van der Waals surface area contributed by atoms with Crippen LogP contribution in [0, 0.1) is 6.92 Å². The smallest absolute Gasteiger partial charge is 0.243 e. The standard InChI is InChI=1S/C15H20BrN3O2S.ClH/c1-10-2-3-11(16)6-13(10)19-15(21)8-18-14(20)7-12-9-22-5-4-17-12;/h2-3,6,12,17H,4-5,7-9H2,1H3,(H,18,20)(H,19,21);1H. The Labute approximate surface area is 155 Å². The quantitative estimate of drug-likeness (QED) is 0.681. The van der Waals surface area contributed by atoms with Gasteiger partial charge in [0.2, 0.25) is 11.8 Å². The van der Waals surface area contributed by atoms with Gasteiger partial charge in [-0.3, -0.25) is 9.59 Å². The minimum absolute atomic E-state index is 0. The number of hydrogen-bond acceptors (Lipinski definition) is 4. The van der Waals surface area contributed by atoms with Crippen LogP contribution in [0.15, 0.2) is 22.7 Å². The van der Waals surface area contributed by atoms with E-state index in [4.69, 9.17) is 0 Å². The van der Waals surface area contributed by atoms with Crippen molar-refractivity contribution in [2.24, 2.45) is 0 Å². The van der Waals surface area contributed by atoms with Crippen molar-refractivity contribution < 1.29 is 9.59 Å². The summed E-state index contributed by atoms with van der Waals surface area (Å²) in [5.74, 6) is 1.71. The van der Waals surface area contributed by atoms with Gasteiger partial charge in [0.1, 0.15) is 0 Å². The van der Waals surface area contributed by atoms with Gasteiger partial charge in [-0.2, -0.15) is 11.8 Å². The predicted octanol–water partition coefficient (Wildman–Crippen LogP) is 2.33. The average molecular weight is 423 g/mol. The molecule has 1 aliphatic heterocycles. The number of halogens is 2. The highest BCUT2D eigenvalue weighted by molar-refractivity contribution is 9.10. The van der Waals surface area contributed by atoms with Crippen LogP contribution in [0.2, 0.25) is 0 Å². The lowest BCUT2D eigenvalue weighted by atomic mass is 10.2. The summed E-state index contributed by atoms with van der Waals surface area (Å²) < 4.78 is 0.901. The molecule has 3 N–H and O–H groups in total. The fraction of sp³-hybridized carbons (Fsp3) is 0.467. The molecular weight excluding hydrogens is 402 g/mol. The topological polar surface area (TPSA) is 70.2 Å². The van der Waals surface area contributed by atoms with E-state index in [1.54, 1.807) is 0 Å². The normalized spacial score (nSPS) is 17.0. The van der Waals surface area contributed by atoms with Crippen molar-refractivity contribution in [3.63, 3.8) is 0 Å². The molecule has 1 atom stereocenters. The second-order valence-corrected chi connectivity index (χ2v) is 7.28. The van der Waals surface area contributed by atoms with Crippen LogP contribution in [0.4, 0.5) is 5.69 Å². The first-order valence-corrected chi connectivity index (χ1v) is 9.13. The Hall–Kier alpha value is -0.760. The Morgan fingerprint density at radius 3 is 2.87 bits per heavy atom. The third kappa shape index (κ3) is 7.12. The minimum Gasteiger partial charge on any atom is -0.347 e. The van der Waals surface area contributed by atoms with E-state index in [1.165, 1.54) is 0 Å². The number of aryl methyl sites for hydroxylation is 1. The lowest BCUT2D eigenvalue weighted by Gasteiger charge is -2.22. The number of anilines is 1. The third-order valence-electron chi connectivity index (χ3n) is 3.35. The van der Waals surface area contributed by atoms with Gasteiger partial charge in [-0.05, 0) is 24.6 Å². The maximum Gasteiger partial charge on any atom is 0.243 e. The first kappa shape index (κ1) is 20.3. The zero-order chi connectivity index (χ0) is 15.9. The van der Waals surface area contributed by atoms with Gasteiger partial charge >= 0.3 is 0 Å². The molecule has 23 heavy (non-hydrogen) atoms. The van der Waals surface area contributed by atoms with Crippen molar-refractivity contribution in [3.05, 3.63) is 28.2 Å². The van der Waals surface area contributed by atoms with Crippen molar-refractivity contribution in [1.29, 1.82) is 0 Å². The number of nitrogens with one attached hydrogen (secondary N) is 3. The summed E-state index contributed by atoms with van der Waals surface area (Å²) in [6.45, 7) is 2.85. The van der Waals surface area contributed by atoms with Gasteiger partial charge in [0.15, 0.2) is 0 Å². The van der Waals surface area contributed by atoms with E-state index in [0.717, 1.165) is 33.8 Å². The van der Waals surface area contributed by atoms with Gasteiger partial charge in [-0.25, -0.2) is 0 Å². The number of hydrogen-bond donors (Lipinski definition) is 3. The van der Waals surface area contributed by atoms with E-state index in [1.807, 2.05) is 36.9 Å². The number of rotatable bonds is 5. The largest absolute Gasteiger partial charge is 0.347 e. The van der Waals surface area contributed by atoms with Crippen LogP contribution < -0.4 is 16.0 Å². The van der Waals surface area contributed by atoms with E-state index in [-0.39, 0.29) is 36.8 Å². The number of benzene rings is 1. The van der Waals surface area contributed by atoms with Crippen LogP contribution in [0.25, 0.3) is 0 Å². The van der Waals surface area contributed by atoms with Crippen LogP contribution in [-0.2, 0) is 9.59 Å². The average Bonchev–Trinajstić information content (AvgIpc) is 2.50. The van der Waals surface area contributed by atoms with Crippen molar-refractivity contribution in [2.75, 3.05) is 29.9 Å². The molecule has 0 aromatic heterocycles. The van der Waals surface area contributed by atoms with E-state index in [9.17, 15) is 9.59 Å². The first-order valence-electron chi connectivity index (χ1n) is 7.18. The van der Waals surface area contributed by atoms with Gasteiger partial charge in [-0.1, -0.05) is 22.0 Å². The summed E-state index contributed by atoms with van der Waals surface area (Å²) in [7, 11) is 0. The van der Waals surface area contributed by atoms with Crippen LogP contribution in [0.1, 0.15) is 12.0 Å². The number of thioether (sulfide) groups is 1. The maximum atomic E-state index is 11.9. The molecule has 8 heteroatoms. The SMILES string of the molecule is Cc1ccc(Br)cc1NC(=O)CNC(=O)CC1CSCCN1.Cl. The zero-order valence-electron chi connectivity index (χ0n) is 12.9. The molecule has 1 aromatic rings. The van der Waals surface area contributed by atoms with Crippen LogP contribution in [0.5, 0.6) is 0 Å². The van der Waals surface area contributed by atoms with E-state index in [0.29, 0.717) is 6.42 Å². The number of carbonyl (C=O) groups excluding carboxylic acids is 2. The second-order valence-electron chi connectivity index (χ2n) is 5.21. The molecule has 128 valence electrons. The minimum atomic E-state index is -0.222. The highest BCUT2D eigenvalue weighted by atomic mass is 79.9. The molecule has 5 nitrogen and oxygen atoms in total. The lowest BCUT2D eigenvalue weighted by Crippen LogP contribution is -2.42. The molecule has 0 bridgehead atoms. The molecular formula is C15H21BrClN3O2S. The molecule has 0 saturated carbocycles. The van der Waals surface area contributed by atoms with E-state index < -0.39 is 0 Å². The molecule has 0 radical (unpaired) electrons. The van der Waals surface area contributed by atoms with Crippen molar-refractivity contribution in [3.8, 4) is 0 Å². The van der Waals surface area contributed by atoms with Gasteiger partial charge in [-0.15, -0.1) is 12.4 Å². The van der Waals surface area contributed by atoms with Gasteiger partial charge in [0.05, 0.1) is 6.54 Å². The Kier molecular flexibility index (Phi) is 8.98. The predicted molar refractivity (Wildman–Crippen MR) is 101 cm³/mol. The summed E-state index contributed by atoms with van der Waals surface area (Å²) in [4.78, 5) is 23.8. The maximum absolute atomic E-state index is 11.9. The molecule has 1 heterocycles. The number of carbonyl (C=O) groups is 2. The summed E-state index contributed by atoms with van der Waals surface area (Å²) in [6, 6.07) is 5.89. The summed E-state index contributed by atoms with van der Waals surface area (Å²) in [6.07, 6.45) is 0.413. The second kappa shape index (κ2) is 10.2. The third-order valence-corrected chi connectivity index (χ3v) is 4.97. The van der Waals surface area contributed by atoms with Gasteiger partial charge in [0, 0.05) is 40.7 Å². The van der Waals surface area contributed by atoms with Crippen LogP contribution in [-0.4, -0.2) is 42.5 Å². The monoisotopic (exact) mass is 421 g/mol. The molecule has 0 aliphatic carbocycles. The Bertz CT molecular complexity index is 554. The lowest BCUT2D eigenvalue weighted by molar-refractivity contribution is -0.124. The van der Waals surface area contributed by atoms with Gasteiger partial charge in [0.25, 0.3) is 0 Å². The Morgan fingerprint density at radius 1 is 1.39 bits per heavy atom.